The number of hydrogen-bond acceptors (Lipinski definition) is 2. The zero-order valence-corrected chi connectivity index (χ0v) is 8.55. The Bertz CT molecular complexity index is 338. The third kappa shape index (κ3) is 1.38. The molecule has 0 spiro atoms. The molecule has 1 aromatic rings. The maximum absolute atomic E-state index is 13.6. The number of fused-ring (bicyclic) bond motifs is 1. The smallest absolute Gasteiger partial charge is 0.128 e. The fraction of sp³-hybridized carbons (Fsp3) is 0.455. The second-order valence-corrected chi connectivity index (χ2v) is 3.81. The Kier molecular flexibility index (Phi) is 2.42. The summed E-state index contributed by atoms with van der Waals surface area (Å²) < 4.78 is 13.6. The minimum Gasteiger partial charge on any atom is -0.374 e. The number of anilines is 1. The van der Waals surface area contributed by atoms with Crippen LogP contribution in [0.2, 0.25) is 0 Å². The maximum Gasteiger partial charge on any atom is 0.128 e. The lowest BCUT2D eigenvalue weighted by atomic mass is 10.0. The van der Waals surface area contributed by atoms with Gasteiger partial charge in [-0.25, -0.2) is 4.39 Å². The topological polar surface area (TPSA) is 15.3 Å². The molecule has 0 radical (unpaired) electrons. The molecule has 1 unspecified atom stereocenters. The third-order valence-corrected chi connectivity index (χ3v) is 2.79. The Morgan fingerprint density at radius 3 is 3.07 bits per heavy atom. The van der Waals surface area contributed by atoms with Crippen molar-refractivity contribution in [2.45, 2.75) is 5.92 Å². The molecule has 1 aromatic carbocycles. The highest BCUT2D eigenvalue weighted by molar-refractivity contribution is 5.60. The van der Waals surface area contributed by atoms with E-state index in [1.807, 2.05) is 20.2 Å². The Balaban J connectivity index is 2.40. The van der Waals surface area contributed by atoms with Gasteiger partial charge in [0, 0.05) is 37.3 Å². The normalized spacial score (nSPS) is 19.9. The van der Waals surface area contributed by atoms with Crippen LogP contribution in [0.3, 0.4) is 0 Å². The summed E-state index contributed by atoms with van der Waals surface area (Å²) in [6.07, 6.45) is 0. The van der Waals surface area contributed by atoms with Gasteiger partial charge in [0.2, 0.25) is 0 Å². The molecule has 0 saturated carbocycles. The third-order valence-electron chi connectivity index (χ3n) is 2.79. The average molecular weight is 194 g/mol. The predicted molar refractivity (Wildman–Crippen MR) is 56.3 cm³/mol. The SMILES string of the molecule is CNCC1CN(C)c2cccc(F)c21. The first-order valence-corrected chi connectivity index (χ1v) is 4.88. The van der Waals surface area contributed by atoms with Crippen molar-refractivity contribution in [2.24, 2.45) is 0 Å². The Morgan fingerprint density at radius 1 is 1.57 bits per heavy atom. The van der Waals surface area contributed by atoms with Gasteiger partial charge in [0.15, 0.2) is 0 Å². The molecule has 0 fully saturated rings. The van der Waals surface area contributed by atoms with E-state index in [9.17, 15) is 4.39 Å². The Morgan fingerprint density at radius 2 is 2.36 bits per heavy atom. The summed E-state index contributed by atoms with van der Waals surface area (Å²) in [7, 11) is 3.91. The van der Waals surface area contributed by atoms with Crippen LogP contribution in [-0.4, -0.2) is 27.2 Å². The van der Waals surface area contributed by atoms with E-state index < -0.39 is 0 Å². The Labute approximate surface area is 83.7 Å². The van der Waals surface area contributed by atoms with E-state index in [1.54, 1.807) is 12.1 Å². The van der Waals surface area contributed by atoms with Crippen LogP contribution >= 0.6 is 0 Å². The van der Waals surface area contributed by atoms with Crippen LogP contribution in [0.1, 0.15) is 11.5 Å². The first-order valence-electron chi connectivity index (χ1n) is 4.88. The molecule has 0 amide bonds. The van der Waals surface area contributed by atoms with Crippen molar-refractivity contribution in [2.75, 3.05) is 32.1 Å². The van der Waals surface area contributed by atoms with E-state index >= 15 is 0 Å². The van der Waals surface area contributed by atoms with E-state index in [0.29, 0.717) is 0 Å². The van der Waals surface area contributed by atoms with Crippen molar-refractivity contribution in [3.05, 3.63) is 29.6 Å². The highest BCUT2D eigenvalue weighted by Crippen LogP contribution is 2.36. The lowest BCUT2D eigenvalue weighted by molar-refractivity contribution is 0.578. The van der Waals surface area contributed by atoms with Crippen LogP contribution in [0.25, 0.3) is 0 Å². The van der Waals surface area contributed by atoms with Gasteiger partial charge in [-0.15, -0.1) is 0 Å². The molecule has 1 heterocycles. The quantitative estimate of drug-likeness (QED) is 0.769. The lowest BCUT2D eigenvalue weighted by Crippen LogP contribution is -2.22. The van der Waals surface area contributed by atoms with Crippen molar-refractivity contribution in [1.29, 1.82) is 0 Å². The van der Waals surface area contributed by atoms with E-state index in [-0.39, 0.29) is 11.7 Å². The monoisotopic (exact) mass is 194 g/mol. The molecule has 0 saturated heterocycles. The molecular weight excluding hydrogens is 179 g/mol. The molecule has 2 rings (SSSR count). The van der Waals surface area contributed by atoms with Gasteiger partial charge in [-0.1, -0.05) is 6.07 Å². The number of rotatable bonds is 2. The molecule has 2 nitrogen and oxygen atoms in total. The van der Waals surface area contributed by atoms with Crippen LogP contribution in [-0.2, 0) is 0 Å². The van der Waals surface area contributed by atoms with Gasteiger partial charge in [-0.05, 0) is 19.2 Å². The number of benzene rings is 1. The predicted octanol–water partition coefficient (Wildman–Crippen LogP) is 1.58. The van der Waals surface area contributed by atoms with Crippen LogP contribution in [0.15, 0.2) is 18.2 Å². The average Bonchev–Trinajstić information content (AvgIpc) is 2.46. The summed E-state index contributed by atoms with van der Waals surface area (Å²) >= 11 is 0. The van der Waals surface area contributed by atoms with Crippen molar-refractivity contribution in [3.63, 3.8) is 0 Å². The largest absolute Gasteiger partial charge is 0.374 e. The fourth-order valence-electron chi connectivity index (χ4n) is 2.20. The summed E-state index contributed by atoms with van der Waals surface area (Å²) in [5.74, 6) is 0.202. The molecule has 1 atom stereocenters. The summed E-state index contributed by atoms with van der Waals surface area (Å²) in [6.45, 7) is 1.73. The van der Waals surface area contributed by atoms with Gasteiger partial charge < -0.3 is 10.2 Å². The van der Waals surface area contributed by atoms with Crippen molar-refractivity contribution in [1.82, 2.24) is 5.32 Å². The van der Waals surface area contributed by atoms with Crippen LogP contribution < -0.4 is 10.2 Å². The molecule has 1 N–H and O–H groups in total. The van der Waals surface area contributed by atoms with Gasteiger partial charge >= 0.3 is 0 Å². The summed E-state index contributed by atoms with van der Waals surface area (Å²) in [6, 6.07) is 5.29. The molecule has 1 aliphatic rings. The second-order valence-electron chi connectivity index (χ2n) is 3.81. The molecule has 0 aliphatic carbocycles. The minimum absolute atomic E-state index is 0.0768. The molecular formula is C11H15FN2. The van der Waals surface area contributed by atoms with Crippen molar-refractivity contribution >= 4 is 5.69 Å². The van der Waals surface area contributed by atoms with Gasteiger partial charge in [-0.2, -0.15) is 0 Å². The van der Waals surface area contributed by atoms with E-state index in [0.717, 1.165) is 24.3 Å². The standard InChI is InChI=1S/C11H15FN2/c1-13-6-8-7-14(2)10-5-3-4-9(12)11(8)10/h3-5,8,13H,6-7H2,1-2H3. The van der Waals surface area contributed by atoms with Crippen LogP contribution in [0, 0.1) is 5.82 Å². The molecule has 1 aliphatic heterocycles. The highest BCUT2D eigenvalue weighted by atomic mass is 19.1. The van der Waals surface area contributed by atoms with E-state index in [2.05, 4.69) is 10.2 Å². The molecule has 0 bridgehead atoms. The molecule has 3 heteroatoms. The van der Waals surface area contributed by atoms with Gasteiger partial charge in [-0.3, -0.25) is 0 Å². The van der Waals surface area contributed by atoms with Crippen molar-refractivity contribution < 1.29 is 4.39 Å². The minimum atomic E-state index is -0.0768. The summed E-state index contributed by atoms with van der Waals surface area (Å²) in [4.78, 5) is 2.11. The summed E-state index contributed by atoms with van der Waals surface area (Å²) in [5, 5.41) is 3.10. The zero-order valence-electron chi connectivity index (χ0n) is 8.55. The van der Waals surface area contributed by atoms with Gasteiger partial charge in [0.25, 0.3) is 0 Å². The molecule has 0 aromatic heterocycles. The second kappa shape index (κ2) is 3.58. The van der Waals surface area contributed by atoms with E-state index in [1.165, 1.54) is 0 Å². The zero-order chi connectivity index (χ0) is 10.1. The number of halogens is 1. The van der Waals surface area contributed by atoms with Crippen LogP contribution in [0.5, 0.6) is 0 Å². The fourth-order valence-corrected chi connectivity index (χ4v) is 2.20. The Hall–Kier alpha value is -1.09. The molecule has 76 valence electrons. The first kappa shape index (κ1) is 9.46. The maximum atomic E-state index is 13.6. The van der Waals surface area contributed by atoms with Crippen LogP contribution in [0.4, 0.5) is 10.1 Å². The number of nitrogens with one attached hydrogen (secondary N) is 1. The van der Waals surface area contributed by atoms with Gasteiger partial charge in [0.1, 0.15) is 5.82 Å². The highest BCUT2D eigenvalue weighted by Gasteiger charge is 2.28. The number of likely N-dealkylation sites (N-methyl/N-ethyl adjacent to an activating group) is 2. The van der Waals surface area contributed by atoms with E-state index in [4.69, 9.17) is 0 Å². The molecule has 14 heavy (non-hydrogen) atoms. The lowest BCUT2D eigenvalue weighted by Gasteiger charge is -2.11. The van der Waals surface area contributed by atoms with Crippen molar-refractivity contribution in [3.8, 4) is 0 Å². The summed E-state index contributed by atoms with van der Waals surface area (Å²) in [5.41, 5.74) is 1.90. The van der Waals surface area contributed by atoms with Gasteiger partial charge in [0.05, 0.1) is 0 Å². The number of hydrogen-bond donors (Lipinski definition) is 1. The first-order chi connectivity index (χ1) is 6.74. The number of nitrogens with zero attached hydrogens (tertiary/aromatic N) is 1.